The molecule has 65 heavy (non-hydrogen) atoms. The molecule has 1 atom stereocenters. The molecule has 0 aliphatic carbocycles. The molecule has 4 aromatic carbocycles. The van der Waals surface area contributed by atoms with Crippen LogP contribution in [0.2, 0.25) is 0 Å². The van der Waals surface area contributed by atoms with Crippen LogP contribution in [0, 0.1) is 18.8 Å². The van der Waals surface area contributed by atoms with Crippen molar-refractivity contribution in [3.8, 4) is 23.1 Å². The molecule has 0 unspecified atom stereocenters. The summed E-state index contributed by atoms with van der Waals surface area (Å²) in [5, 5.41) is 3.82. The van der Waals surface area contributed by atoms with Crippen molar-refractivity contribution in [2.45, 2.75) is 58.8 Å². The molecule has 0 bridgehead atoms. The van der Waals surface area contributed by atoms with E-state index in [1.165, 1.54) is 16.7 Å². The van der Waals surface area contributed by atoms with Gasteiger partial charge in [0.25, 0.3) is 11.8 Å². The van der Waals surface area contributed by atoms with Crippen LogP contribution in [-0.2, 0) is 48.9 Å². The summed E-state index contributed by atoms with van der Waals surface area (Å²) in [5.74, 6) is 5.92. The quantitative estimate of drug-likeness (QED) is 0.137. The Balaban J connectivity index is 1.02. The number of benzene rings is 4. The number of ether oxygens (including phenoxy) is 1. The van der Waals surface area contributed by atoms with Crippen molar-refractivity contribution in [2.24, 2.45) is 7.05 Å². The van der Waals surface area contributed by atoms with Crippen LogP contribution in [0.1, 0.15) is 73.3 Å². The minimum Gasteiger partial charge on any atom is -0.379 e. The molecule has 11 nitrogen and oxygen atoms in total. The zero-order valence-electron chi connectivity index (χ0n) is 36.8. The highest BCUT2D eigenvalue weighted by Gasteiger charge is 2.33. The Morgan fingerprint density at radius 3 is 2.32 bits per heavy atom. The van der Waals surface area contributed by atoms with Gasteiger partial charge in [0.15, 0.2) is 0 Å². The fourth-order valence-corrected chi connectivity index (χ4v) is 9.13. The van der Waals surface area contributed by atoms with Crippen molar-refractivity contribution in [2.75, 3.05) is 44.3 Å². The molecule has 6 aromatic rings. The minimum absolute atomic E-state index is 0.00305. The van der Waals surface area contributed by atoms with Crippen LogP contribution in [0.4, 0.5) is 20.2 Å². The zero-order valence-corrected chi connectivity index (χ0v) is 36.8. The predicted molar refractivity (Wildman–Crippen MR) is 245 cm³/mol. The standard InChI is InChI=1S/C52H51F2N7O4/c1-35-26-39-11-7-8-12-41(39)33-59(35)50(63)47-29-42-32-58(49(62)27-38-17-15-37(16-18-38)10-9-20-57-22-24-65-25-23-57)21-19-40(42)28-46(47)48-30-45(36(2)56(48)3)51(64)61(43-13-5-4-6-14-43)44-31-55-60(34-44)52(53)54/h4-8,11-18,28-31,34-35,52H,19-27,32-33H2,1-3H3/t35-/m1/s1. The number of para-hydroxylation sites is 1. The molecule has 0 N–H and O–H groups in total. The van der Waals surface area contributed by atoms with E-state index in [4.69, 9.17) is 4.74 Å². The largest absolute Gasteiger partial charge is 0.379 e. The summed E-state index contributed by atoms with van der Waals surface area (Å²) in [6, 6.07) is 30.6. The van der Waals surface area contributed by atoms with Crippen LogP contribution in [0.3, 0.4) is 0 Å². The first-order valence-corrected chi connectivity index (χ1v) is 22.1. The van der Waals surface area contributed by atoms with E-state index in [1.807, 2.05) is 76.9 Å². The molecule has 0 radical (unpaired) electrons. The number of morpholine rings is 1. The maximum absolute atomic E-state index is 15.1. The molecule has 1 fully saturated rings. The van der Waals surface area contributed by atoms with Gasteiger partial charge in [-0.15, -0.1) is 0 Å². The minimum atomic E-state index is -2.88. The second-order valence-electron chi connectivity index (χ2n) is 17.1. The van der Waals surface area contributed by atoms with Gasteiger partial charge < -0.3 is 19.1 Å². The third kappa shape index (κ3) is 9.10. The molecular weight excluding hydrogens is 825 g/mol. The molecule has 13 heteroatoms. The summed E-state index contributed by atoms with van der Waals surface area (Å²) in [5.41, 5.74) is 9.52. The second kappa shape index (κ2) is 18.7. The molecule has 3 amide bonds. The van der Waals surface area contributed by atoms with Gasteiger partial charge in [-0.2, -0.15) is 13.9 Å². The molecule has 2 aromatic heterocycles. The van der Waals surface area contributed by atoms with E-state index >= 15 is 4.79 Å². The van der Waals surface area contributed by atoms with Crippen LogP contribution >= 0.6 is 0 Å². The number of carbonyl (C=O) groups excluding carboxylic acids is 3. The first kappa shape index (κ1) is 43.4. The first-order valence-electron chi connectivity index (χ1n) is 22.1. The van der Waals surface area contributed by atoms with Gasteiger partial charge in [0.05, 0.1) is 49.8 Å². The molecule has 3 aliphatic heterocycles. The maximum Gasteiger partial charge on any atom is 0.333 e. The van der Waals surface area contributed by atoms with E-state index in [0.29, 0.717) is 77.5 Å². The summed E-state index contributed by atoms with van der Waals surface area (Å²) < 4.78 is 35.3. The monoisotopic (exact) mass is 875 g/mol. The van der Waals surface area contributed by atoms with Crippen molar-refractivity contribution < 1.29 is 27.9 Å². The number of alkyl halides is 2. The third-order valence-corrected chi connectivity index (χ3v) is 13.0. The Hall–Kier alpha value is -6.88. The topological polar surface area (TPSA) is 96.2 Å². The van der Waals surface area contributed by atoms with E-state index < -0.39 is 12.5 Å². The fourth-order valence-electron chi connectivity index (χ4n) is 9.13. The molecule has 332 valence electrons. The summed E-state index contributed by atoms with van der Waals surface area (Å²) >= 11 is 0. The molecule has 3 aliphatic rings. The van der Waals surface area contributed by atoms with E-state index in [0.717, 1.165) is 60.3 Å². The highest BCUT2D eigenvalue weighted by molar-refractivity contribution is 6.12. The maximum atomic E-state index is 15.1. The number of hydrogen-bond donors (Lipinski definition) is 0. The SMILES string of the molecule is Cc1c(C(=O)N(c2ccccc2)c2cnn(C(F)F)c2)cc(-c2cc3c(cc2C(=O)N2Cc4ccccc4C[C@H]2C)CN(C(=O)Cc2ccc(C#CCN4CCOCC4)cc2)CC3)n1C. The van der Waals surface area contributed by atoms with Crippen LogP contribution in [0.25, 0.3) is 11.3 Å². The first-order chi connectivity index (χ1) is 31.5. The number of aromatic nitrogens is 3. The third-order valence-electron chi connectivity index (χ3n) is 13.0. The Morgan fingerprint density at radius 1 is 0.846 bits per heavy atom. The van der Waals surface area contributed by atoms with Crippen molar-refractivity contribution in [1.82, 2.24) is 29.0 Å². The fraction of sp³-hybridized carbons (Fsp3) is 0.308. The van der Waals surface area contributed by atoms with Gasteiger partial charge in [0.2, 0.25) is 5.91 Å². The Morgan fingerprint density at radius 2 is 1.58 bits per heavy atom. The van der Waals surface area contributed by atoms with E-state index in [9.17, 15) is 18.4 Å². The normalized spacial score (nSPS) is 16.1. The van der Waals surface area contributed by atoms with Gasteiger partial charge in [-0.05, 0) is 97.0 Å². The number of amides is 3. The van der Waals surface area contributed by atoms with Gasteiger partial charge in [-0.3, -0.25) is 24.2 Å². The Labute approximate surface area is 377 Å². The van der Waals surface area contributed by atoms with Crippen molar-refractivity contribution in [1.29, 1.82) is 0 Å². The molecule has 0 saturated carbocycles. The van der Waals surface area contributed by atoms with E-state index in [2.05, 4.69) is 47.0 Å². The van der Waals surface area contributed by atoms with Crippen LogP contribution < -0.4 is 4.90 Å². The van der Waals surface area contributed by atoms with Gasteiger partial charge >= 0.3 is 6.55 Å². The summed E-state index contributed by atoms with van der Waals surface area (Å²) in [7, 11) is 1.86. The lowest BCUT2D eigenvalue weighted by Crippen LogP contribution is -2.43. The number of carbonyl (C=O) groups is 3. The lowest BCUT2D eigenvalue weighted by molar-refractivity contribution is -0.131. The van der Waals surface area contributed by atoms with Gasteiger partial charge in [-0.1, -0.05) is 66.4 Å². The number of halogens is 2. The van der Waals surface area contributed by atoms with E-state index in [1.54, 1.807) is 30.3 Å². The van der Waals surface area contributed by atoms with Gasteiger partial charge in [0.1, 0.15) is 0 Å². The van der Waals surface area contributed by atoms with E-state index in [-0.39, 0.29) is 30.0 Å². The Bertz CT molecular complexity index is 2800. The molecular formula is C52H51F2N7O4. The lowest BCUT2D eigenvalue weighted by atomic mass is 9.89. The number of nitrogens with zero attached hydrogens (tertiary/aromatic N) is 7. The van der Waals surface area contributed by atoms with Gasteiger partial charge in [0, 0.05) is 79.6 Å². The second-order valence-corrected chi connectivity index (χ2v) is 17.1. The number of fused-ring (bicyclic) bond motifs is 2. The van der Waals surface area contributed by atoms with Gasteiger partial charge in [-0.25, -0.2) is 4.68 Å². The van der Waals surface area contributed by atoms with Crippen LogP contribution in [0.5, 0.6) is 0 Å². The molecule has 9 rings (SSSR count). The summed E-state index contributed by atoms with van der Waals surface area (Å²) in [4.78, 5) is 51.1. The summed E-state index contributed by atoms with van der Waals surface area (Å²) in [6.45, 7) is 6.27. The zero-order chi connectivity index (χ0) is 45.2. The van der Waals surface area contributed by atoms with Crippen LogP contribution in [-0.4, -0.2) is 92.2 Å². The van der Waals surface area contributed by atoms with Crippen molar-refractivity contribution in [3.63, 3.8) is 0 Å². The van der Waals surface area contributed by atoms with Crippen molar-refractivity contribution in [3.05, 3.63) is 160 Å². The molecule has 5 heterocycles. The highest BCUT2D eigenvalue weighted by Crippen LogP contribution is 2.37. The van der Waals surface area contributed by atoms with Crippen molar-refractivity contribution >= 4 is 29.1 Å². The van der Waals surface area contributed by atoms with Crippen LogP contribution in [0.15, 0.2) is 109 Å². The molecule has 1 saturated heterocycles. The highest BCUT2D eigenvalue weighted by atomic mass is 19.3. The predicted octanol–water partition coefficient (Wildman–Crippen LogP) is 7.97. The average molecular weight is 876 g/mol. The molecule has 0 spiro atoms. The number of anilines is 2. The summed E-state index contributed by atoms with van der Waals surface area (Å²) in [6.07, 6.45) is 3.95. The average Bonchev–Trinajstić information content (AvgIpc) is 3.93. The Kier molecular flexibility index (Phi) is 12.5. The smallest absolute Gasteiger partial charge is 0.333 e. The number of hydrogen-bond acceptors (Lipinski definition) is 6. The number of rotatable bonds is 9. The lowest BCUT2D eigenvalue weighted by Gasteiger charge is -2.36.